The molecule has 0 spiro atoms. The largest absolute Gasteiger partial charge is 0.368 e. The van der Waals surface area contributed by atoms with E-state index in [9.17, 15) is 9.18 Å². The second-order valence-corrected chi connectivity index (χ2v) is 8.01. The molecular formula is C23H23FN4O2. The molecule has 2 aliphatic heterocycles. The van der Waals surface area contributed by atoms with Gasteiger partial charge in [0.15, 0.2) is 5.82 Å². The fraction of sp³-hybridized carbons (Fsp3) is 0.348. The minimum atomic E-state index is -0.310. The van der Waals surface area contributed by atoms with Crippen LogP contribution in [0.3, 0.4) is 0 Å². The highest BCUT2D eigenvalue weighted by atomic mass is 19.1. The van der Waals surface area contributed by atoms with Gasteiger partial charge in [-0.1, -0.05) is 42.4 Å². The normalized spacial score (nSPS) is 23.1. The molecule has 5 rings (SSSR count). The van der Waals surface area contributed by atoms with Gasteiger partial charge in [0, 0.05) is 43.7 Å². The molecule has 3 aromatic rings. The van der Waals surface area contributed by atoms with Crippen LogP contribution in [-0.2, 0) is 6.42 Å². The number of amides is 1. The van der Waals surface area contributed by atoms with Crippen LogP contribution < -0.4 is 4.90 Å². The molecule has 0 unspecified atom stereocenters. The number of rotatable bonds is 4. The summed E-state index contributed by atoms with van der Waals surface area (Å²) in [7, 11) is 0. The predicted octanol–water partition coefficient (Wildman–Crippen LogP) is 3.72. The number of likely N-dealkylation sites (tertiary alicyclic amines) is 1. The lowest BCUT2D eigenvalue weighted by molar-refractivity contribution is 0.0673. The fourth-order valence-corrected chi connectivity index (χ4v) is 4.87. The second kappa shape index (κ2) is 7.55. The number of fused-ring (bicyclic) bond motifs is 1. The maximum absolute atomic E-state index is 14.3. The Bertz CT molecular complexity index is 1050. The third kappa shape index (κ3) is 3.14. The van der Waals surface area contributed by atoms with Gasteiger partial charge in [0.1, 0.15) is 0 Å². The number of hydrogen-bond acceptors (Lipinski definition) is 5. The first kappa shape index (κ1) is 18.8. The maximum atomic E-state index is 14.3. The Morgan fingerprint density at radius 3 is 2.77 bits per heavy atom. The number of aromatic nitrogens is 2. The molecule has 1 amide bonds. The van der Waals surface area contributed by atoms with Crippen LogP contribution in [0.15, 0.2) is 59.4 Å². The molecule has 0 saturated carbocycles. The molecule has 2 aliphatic rings. The van der Waals surface area contributed by atoms with Crippen molar-refractivity contribution in [2.75, 3.05) is 24.5 Å². The maximum Gasteiger partial charge on any atom is 0.293 e. The van der Waals surface area contributed by atoms with Gasteiger partial charge in [-0.05, 0) is 18.1 Å². The summed E-state index contributed by atoms with van der Waals surface area (Å²) in [5.74, 6) is 0.296. The molecule has 1 aromatic carbocycles. The number of anilines is 1. The smallest absolute Gasteiger partial charge is 0.293 e. The Kier molecular flexibility index (Phi) is 4.73. The first-order valence-electron chi connectivity index (χ1n) is 10.3. The third-order valence-corrected chi connectivity index (χ3v) is 6.29. The van der Waals surface area contributed by atoms with Gasteiger partial charge in [-0.3, -0.25) is 9.78 Å². The van der Waals surface area contributed by atoms with E-state index in [-0.39, 0.29) is 35.4 Å². The van der Waals surface area contributed by atoms with Crippen LogP contribution in [0, 0.1) is 17.7 Å². The number of hydrogen-bond donors (Lipinski definition) is 0. The number of carbonyl (C=O) groups excluding carboxylic acids is 1. The number of nitrogens with zero attached hydrogens (tertiary/aromatic N) is 4. The molecule has 2 aromatic heterocycles. The minimum Gasteiger partial charge on any atom is -0.368 e. The highest BCUT2D eigenvalue weighted by molar-refractivity contribution is 5.92. The molecular weight excluding hydrogens is 383 g/mol. The van der Waals surface area contributed by atoms with E-state index in [0.717, 1.165) is 17.7 Å². The van der Waals surface area contributed by atoms with E-state index >= 15 is 0 Å². The summed E-state index contributed by atoms with van der Waals surface area (Å²) >= 11 is 0. The average molecular weight is 406 g/mol. The van der Waals surface area contributed by atoms with Crippen molar-refractivity contribution in [1.82, 2.24) is 15.0 Å². The Balaban J connectivity index is 1.46. The van der Waals surface area contributed by atoms with Crippen LogP contribution in [0.2, 0.25) is 0 Å². The van der Waals surface area contributed by atoms with E-state index in [1.165, 1.54) is 6.20 Å². The van der Waals surface area contributed by atoms with Crippen molar-refractivity contribution in [3.8, 4) is 0 Å². The summed E-state index contributed by atoms with van der Waals surface area (Å²) in [6, 6.07) is 13.4. The molecule has 0 radical (unpaired) electrons. The number of pyridine rings is 1. The van der Waals surface area contributed by atoms with Crippen molar-refractivity contribution < 1.29 is 13.7 Å². The minimum absolute atomic E-state index is 0.0891. The van der Waals surface area contributed by atoms with Crippen LogP contribution in [0.1, 0.15) is 34.8 Å². The summed E-state index contributed by atoms with van der Waals surface area (Å²) < 4.78 is 19.6. The monoisotopic (exact) mass is 406 g/mol. The lowest BCUT2D eigenvalue weighted by Gasteiger charge is -2.30. The average Bonchev–Trinajstić information content (AvgIpc) is 3.48. The van der Waals surface area contributed by atoms with Gasteiger partial charge >= 0.3 is 0 Å². The van der Waals surface area contributed by atoms with Crippen LogP contribution in [0.5, 0.6) is 0 Å². The van der Waals surface area contributed by atoms with Gasteiger partial charge < -0.3 is 14.3 Å². The molecule has 2 saturated heterocycles. The van der Waals surface area contributed by atoms with E-state index < -0.39 is 0 Å². The standard InChI is InChI=1S/C23H23FN4O2/c1-2-17-10-21(30-26-17)23(29)28-13-16-12-27(20-8-9-25-11-19(20)24)14-18(16)22(28)15-6-4-3-5-7-15/h3-11,16,18,22H,2,12-14H2,1H3/t16-,18-,22+/m0/s1. The molecule has 6 nitrogen and oxygen atoms in total. The topological polar surface area (TPSA) is 62.5 Å². The summed E-state index contributed by atoms with van der Waals surface area (Å²) in [6.07, 6.45) is 3.59. The highest BCUT2D eigenvalue weighted by Gasteiger charge is 2.50. The van der Waals surface area contributed by atoms with E-state index in [1.807, 2.05) is 30.0 Å². The Morgan fingerprint density at radius 1 is 1.20 bits per heavy atom. The second-order valence-electron chi connectivity index (χ2n) is 8.01. The van der Waals surface area contributed by atoms with E-state index in [0.29, 0.717) is 25.3 Å². The van der Waals surface area contributed by atoms with Crippen LogP contribution >= 0.6 is 0 Å². The molecule has 3 atom stereocenters. The molecule has 7 heteroatoms. The molecule has 0 aliphatic carbocycles. The Hall–Kier alpha value is -3.22. The van der Waals surface area contributed by atoms with Crippen molar-refractivity contribution in [3.05, 3.63) is 77.7 Å². The van der Waals surface area contributed by atoms with E-state index in [2.05, 4.69) is 27.2 Å². The van der Waals surface area contributed by atoms with Crippen molar-refractivity contribution in [3.63, 3.8) is 0 Å². The predicted molar refractivity (Wildman–Crippen MR) is 109 cm³/mol. The molecule has 2 fully saturated rings. The number of carbonyl (C=O) groups is 1. The number of benzene rings is 1. The van der Waals surface area contributed by atoms with Gasteiger partial charge in [0.2, 0.25) is 5.76 Å². The Labute approximate surface area is 174 Å². The first-order valence-corrected chi connectivity index (χ1v) is 10.3. The fourth-order valence-electron chi connectivity index (χ4n) is 4.87. The highest BCUT2D eigenvalue weighted by Crippen LogP contribution is 2.46. The molecule has 4 heterocycles. The zero-order valence-electron chi connectivity index (χ0n) is 16.7. The summed E-state index contributed by atoms with van der Waals surface area (Å²) in [4.78, 5) is 21.1. The number of aryl methyl sites for hydroxylation is 1. The van der Waals surface area contributed by atoms with Crippen molar-refractivity contribution in [2.24, 2.45) is 11.8 Å². The quantitative estimate of drug-likeness (QED) is 0.661. The molecule has 30 heavy (non-hydrogen) atoms. The first-order chi connectivity index (χ1) is 14.7. The van der Waals surface area contributed by atoms with Crippen LogP contribution in [0.4, 0.5) is 10.1 Å². The molecule has 154 valence electrons. The van der Waals surface area contributed by atoms with Gasteiger partial charge in [0.05, 0.1) is 23.6 Å². The Morgan fingerprint density at radius 2 is 2.03 bits per heavy atom. The lowest BCUT2D eigenvalue weighted by atomic mass is 9.89. The summed E-state index contributed by atoms with van der Waals surface area (Å²) in [6.45, 7) is 3.97. The van der Waals surface area contributed by atoms with E-state index in [4.69, 9.17) is 4.52 Å². The van der Waals surface area contributed by atoms with Crippen molar-refractivity contribution >= 4 is 11.6 Å². The van der Waals surface area contributed by atoms with Gasteiger partial charge in [0.25, 0.3) is 5.91 Å². The zero-order valence-corrected chi connectivity index (χ0v) is 16.7. The van der Waals surface area contributed by atoms with Crippen LogP contribution in [-0.4, -0.2) is 40.6 Å². The molecule has 0 N–H and O–H groups in total. The van der Waals surface area contributed by atoms with E-state index in [1.54, 1.807) is 18.3 Å². The van der Waals surface area contributed by atoms with Gasteiger partial charge in [-0.25, -0.2) is 4.39 Å². The van der Waals surface area contributed by atoms with Crippen molar-refractivity contribution in [2.45, 2.75) is 19.4 Å². The third-order valence-electron chi connectivity index (χ3n) is 6.29. The van der Waals surface area contributed by atoms with Gasteiger partial charge in [-0.15, -0.1) is 0 Å². The SMILES string of the molecule is CCc1cc(C(=O)N2C[C@@H]3CN(c4ccncc4F)C[C@@H]3[C@H]2c2ccccc2)on1. The van der Waals surface area contributed by atoms with Crippen molar-refractivity contribution in [1.29, 1.82) is 0 Å². The number of halogens is 1. The molecule has 0 bridgehead atoms. The lowest BCUT2D eigenvalue weighted by Crippen LogP contribution is -2.35. The summed E-state index contributed by atoms with van der Waals surface area (Å²) in [5.41, 5.74) is 2.44. The zero-order chi connectivity index (χ0) is 20.7. The van der Waals surface area contributed by atoms with Crippen LogP contribution in [0.25, 0.3) is 0 Å². The van der Waals surface area contributed by atoms with Gasteiger partial charge in [-0.2, -0.15) is 0 Å². The summed E-state index contributed by atoms with van der Waals surface area (Å²) in [5, 5.41) is 3.98.